The minimum Gasteiger partial charge on any atom is -0.454 e. The van der Waals surface area contributed by atoms with Crippen molar-refractivity contribution in [3.63, 3.8) is 0 Å². The quantitative estimate of drug-likeness (QED) is 0.770. The number of amidine groups is 2. The van der Waals surface area contributed by atoms with Crippen LogP contribution in [0.4, 0.5) is 13.2 Å². The van der Waals surface area contributed by atoms with E-state index >= 15 is 0 Å². The summed E-state index contributed by atoms with van der Waals surface area (Å²) >= 11 is 0.209. The van der Waals surface area contributed by atoms with Crippen LogP contribution in [0.25, 0.3) is 6.08 Å². The Morgan fingerprint density at radius 2 is 2.04 bits per heavy atom. The van der Waals surface area contributed by atoms with Crippen molar-refractivity contribution in [2.75, 3.05) is 6.79 Å². The summed E-state index contributed by atoms with van der Waals surface area (Å²) in [6.07, 6.45) is -3.33. The Bertz CT molecular complexity index is 907. The largest absolute Gasteiger partial charge is 0.454 e. The molecule has 3 aliphatic rings. The van der Waals surface area contributed by atoms with Crippen molar-refractivity contribution in [2.45, 2.75) is 6.18 Å². The molecule has 0 saturated heterocycles. The number of hydrogen-bond donors (Lipinski definition) is 1. The van der Waals surface area contributed by atoms with Crippen molar-refractivity contribution in [1.82, 2.24) is 5.01 Å². The van der Waals surface area contributed by atoms with E-state index in [0.717, 1.165) is 0 Å². The van der Waals surface area contributed by atoms with E-state index in [1.165, 1.54) is 6.08 Å². The van der Waals surface area contributed by atoms with Crippen LogP contribution in [0, 0.1) is 5.41 Å². The molecule has 3 aliphatic heterocycles. The maximum Gasteiger partial charge on any atom is 0.441 e. The van der Waals surface area contributed by atoms with Gasteiger partial charge < -0.3 is 9.47 Å². The van der Waals surface area contributed by atoms with Crippen LogP contribution < -0.4 is 9.47 Å². The molecule has 1 N–H and O–H groups in total. The number of rotatable bonds is 1. The van der Waals surface area contributed by atoms with E-state index in [1.807, 2.05) is 0 Å². The number of hydrazone groups is 1. The van der Waals surface area contributed by atoms with Crippen molar-refractivity contribution in [2.24, 2.45) is 10.1 Å². The number of fused-ring (bicyclic) bond motifs is 2. The number of nitrogens with one attached hydrogen (secondary N) is 1. The second kappa shape index (κ2) is 5.34. The fourth-order valence-electron chi connectivity index (χ4n) is 2.28. The second-order valence-electron chi connectivity index (χ2n) is 5.04. The van der Waals surface area contributed by atoms with Crippen LogP contribution in [0.2, 0.25) is 0 Å². The van der Waals surface area contributed by atoms with Gasteiger partial charge in [-0.3, -0.25) is 10.2 Å². The van der Waals surface area contributed by atoms with Gasteiger partial charge in [-0.15, -0.1) is 0 Å². The zero-order chi connectivity index (χ0) is 17.8. The number of thioether (sulfide) groups is 1. The summed E-state index contributed by atoms with van der Waals surface area (Å²) in [5.41, 5.74) is 0.346. The van der Waals surface area contributed by atoms with Gasteiger partial charge >= 0.3 is 6.18 Å². The molecule has 1 aromatic carbocycles. The van der Waals surface area contributed by atoms with Crippen LogP contribution in [-0.2, 0) is 4.79 Å². The molecular formula is C14H7F3N4O3S. The molecular weight excluding hydrogens is 361 g/mol. The standard InChI is InChI=1S/C14H7F3N4O3S/c15-14(16,17)12-20-21-10(18)7(11(22)19-13(21)25-12)3-6-1-2-8-9(4-6)24-5-23-8/h1-4,18H,5H2. The van der Waals surface area contributed by atoms with Crippen molar-refractivity contribution < 1.29 is 27.4 Å². The lowest BCUT2D eigenvalue weighted by Crippen LogP contribution is -2.35. The molecule has 0 atom stereocenters. The van der Waals surface area contributed by atoms with Crippen LogP contribution >= 0.6 is 11.8 Å². The summed E-state index contributed by atoms with van der Waals surface area (Å²) in [7, 11) is 0. The minimum atomic E-state index is -4.67. The Morgan fingerprint density at radius 3 is 2.80 bits per heavy atom. The zero-order valence-electron chi connectivity index (χ0n) is 12.1. The van der Waals surface area contributed by atoms with Crippen LogP contribution in [0.15, 0.2) is 33.9 Å². The number of ether oxygens (including phenoxy) is 2. The third-order valence-corrected chi connectivity index (χ3v) is 4.36. The predicted octanol–water partition coefficient (Wildman–Crippen LogP) is 2.60. The first-order chi connectivity index (χ1) is 11.8. The van der Waals surface area contributed by atoms with Gasteiger partial charge in [0.2, 0.25) is 17.0 Å². The Labute approximate surface area is 142 Å². The molecule has 0 fully saturated rings. The molecule has 4 rings (SSSR count). The van der Waals surface area contributed by atoms with Crippen LogP contribution in [0.3, 0.4) is 0 Å². The van der Waals surface area contributed by atoms with Gasteiger partial charge in [-0.1, -0.05) is 6.07 Å². The zero-order valence-corrected chi connectivity index (χ0v) is 12.9. The maximum atomic E-state index is 12.8. The topological polar surface area (TPSA) is 87.3 Å². The lowest BCUT2D eigenvalue weighted by atomic mass is 10.1. The maximum absolute atomic E-state index is 12.8. The van der Waals surface area contributed by atoms with Crippen LogP contribution in [0.1, 0.15) is 5.56 Å². The summed E-state index contributed by atoms with van der Waals surface area (Å²) in [6, 6.07) is 4.85. The van der Waals surface area contributed by atoms with Gasteiger partial charge in [0.15, 0.2) is 17.3 Å². The average molecular weight is 368 g/mol. The van der Waals surface area contributed by atoms with E-state index in [2.05, 4.69) is 10.1 Å². The van der Waals surface area contributed by atoms with Crippen LogP contribution in [0.5, 0.6) is 11.5 Å². The number of aliphatic imine (C=N–C) groups is 1. The van der Waals surface area contributed by atoms with Crippen molar-refractivity contribution >= 4 is 39.8 Å². The molecule has 1 amide bonds. The molecule has 0 spiro atoms. The summed E-state index contributed by atoms with van der Waals surface area (Å²) in [6.45, 7) is 0.0810. The van der Waals surface area contributed by atoms with Gasteiger partial charge in [0, 0.05) is 0 Å². The highest BCUT2D eigenvalue weighted by Gasteiger charge is 2.46. The Morgan fingerprint density at radius 1 is 1.28 bits per heavy atom. The Hall–Kier alpha value is -2.82. The summed E-state index contributed by atoms with van der Waals surface area (Å²) in [5.74, 6) is -0.259. The summed E-state index contributed by atoms with van der Waals surface area (Å²) in [5, 5.41) is 10.6. The molecule has 0 radical (unpaired) electrons. The molecule has 0 saturated carbocycles. The lowest BCUT2D eigenvalue weighted by molar-refractivity contribution is -0.114. The van der Waals surface area contributed by atoms with Crippen molar-refractivity contribution in [3.05, 3.63) is 29.3 Å². The van der Waals surface area contributed by atoms with Gasteiger partial charge in [-0.05, 0) is 35.5 Å². The van der Waals surface area contributed by atoms with E-state index < -0.39 is 23.0 Å². The van der Waals surface area contributed by atoms with Crippen LogP contribution in [-0.4, -0.2) is 39.9 Å². The number of hydrogen-bond acceptors (Lipinski definition) is 6. The highest BCUT2D eigenvalue weighted by molar-refractivity contribution is 8.27. The molecule has 11 heteroatoms. The van der Waals surface area contributed by atoms with Gasteiger partial charge in [0.1, 0.15) is 0 Å². The molecule has 25 heavy (non-hydrogen) atoms. The number of nitrogens with zero attached hydrogens (tertiary/aromatic N) is 3. The monoisotopic (exact) mass is 368 g/mol. The smallest absolute Gasteiger partial charge is 0.441 e. The van der Waals surface area contributed by atoms with Gasteiger partial charge in [-0.25, -0.2) is 0 Å². The fraction of sp³-hybridized carbons (Fsp3) is 0.143. The summed E-state index contributed by atoms with van der Waals surface area (Å²) in [4.78, 5) is 15.7. The van der Waals surface area contributed by atoms with Crippen molar-refractivity contribution in [1.29, 1.82) is 5.41 Å². The normalized spacial score (nSPS) is 20.8. The van der Waals surface area contributed by atoms with E-state index in [1.54, 1.807) is 18.2 Å². The SMILES string of the molecule is N=C1C(=Cc2ccc3c(c2)OCO3)C(=O)N=C2SC(C(F)(F)F)=NN12. The molecule has 0 aliphatic carbocycles. The number of carbonyl (C=O) groups is 1. The Balaban J connectivity index is 1.69. The molecule has 7 nitrogen and oxygen atoms in total. The number of halogens is 3. The van der Waals surface area contributed by atoms with Crippen molar-refractivity contribution in [3.8, 4) is 11.5 Å². The molecule has 128 valence electrons. The highest BCUT2D eigenvalue weighted by Crippen LogP contribution is 2.36. The van der Waals surface area contributed by atoms with E-state index in [0.29, 0.717) is 22.1 Å². The fourth-order valence-corrected chi connectivity index (χ4v) is 3.03. The van der Waals surface area contributed by atoms with E-state index in [9.17, 15) is 18.0 Å². The van der Waals surface area contributed by atoms with Gasteiger partial charge in [0.05, 0.1) is 5.57 Å². The van der Waals surface area contributed by atoms with E-state index in [-0.39, 0.29) is 29.3 Å². The van der Waals surface area contributed by atoms with E-state index in [4.69, 9.17) is 14.9 Å². The molecule has 0 unspecified atom stereocenters. The first kappa shape index (κ1) is 15.7. The van der Waals surface area contributed by atoms with Gasteiger partial charge in [0.25, 0.3) is 5.91 Å². The number of carbonyl (C=O) groups excluding carboxylic acids is 1. The number of benzene rings is 1. The number of amides is 1. The van der Waals surface area contributed by atoms with Gasteiger partial charge in [-0.2, -0.15) is 28.3 Å². The number of alkyl halides is 3. The lowest BCUT2D eigenvalue weighted by Gasteiger charge is -2.20. The second-order valence-corrected chi connectivity index (χ2v) is 5.99. The third-order valence-electron chi connectivity index (χ3n) is 3.40. The summed E-state index contributed by atoms with van der Waals surface area (Å²) < 4.78 is 48.7. The highest BCUT2D eigenvalue weighted by atomic mass is 32.2. The molecule has 3 heterocycles. The first-order valence-corrected chi connectivity index (χ1v) is 7.61. The molecule has 0 bridgehead atoms. The minimum absolute atomic E-state index is 0.0810. The third kappa shape index (κ3) is 2.65. The average Bonchev–Trinajstić information content (AvgIpc) is 3.16. The predicted molar refractivity (Wildman–Crippen MR) is 83.6 cm³/mol. The first-order valence-electron chi connectivity index (χ1n) is 6.80. The Kier molecular flexibility index (Phi) is 3.35. The molecule has 0 aromatic heterocycles. The molecule has 1 aromatic rings.